The van der Waals surface area contributed by atoms with E-state index in [1.165, 1.54) is 12.3 Å². The number of carbonyl (C=O) groups is 1. The van der Waals surface area contributed by atoms with E-state index >= 15 is 0 Å². The molecule has 0 fully saturated rings. The Morgan fingerprint density at radius 2 is 2.12 bits per heavy atom. The summed E-state index contributed by atoms with van der Waals surface area (Å²) in [6.07, 6.45) is 0.890. The summed E-state index contributed by atoms with van der Waals surface area (Å²) in [4.78, 5) is 20.7. The normalized spacial score (nSPS) is 13.2. The van der Waals surface area contributed by atoms with Gasteiger partial charge < -0.3 is 9.30 Å². The lowest BCUT2D eigenvalue weighted by Crippen LogP contribution is -2.23. The van der Waals surface area contributed by atoms with Crippen molar-refractivity contribution >= 4 is 12.2 Å². The van der Waals surface area contributed by atoms with Crippen LogP contribution in [0.2, 0.25) is 0 Å². The number of nitro groups is 1. The van der Waals surface area contributed by atoms with Gasteiger partial charge in [0.05, 0.1) is 16.8 Å². The summed E-state index contributed by atoms with van der Waals surface area (Å²) < 4.78 is 6.65. The van der Waals surface area contributed by atoms with Crippen molar-refractivity contribution in [1.29, 1.82) is 0 Å². The predicted molar refractivity (Wildman–Crippen MR) is 61.4 cm³/mol. The average Bonchev–Trinajstić information content (AvgIpc) is 2.55. The zero-order valence-corrected chi connectivity index (χ0v) is 10.3. The van der Waals surface area contributed by atoms with E-state index in [1.807, 2.05) is 20.8 Å². The van der Waals surface area contributed by atoms with Crippen LogP contribution in [0, 0.1) is 15.5 Å². The predicted octanol–water partition coefficient (Wildman–Crippen LogP) is 2.19. The van der Waals surface area contributed by atoms with Gasteiger partial charge in [0, 0.05) is 18.5 Å². The van der Waals surface area contributed by atoms with E-state index in [4.69, 9.17) is 4.74 Å². The standard InChI is InChI=1S/C11H16N2O4/c1-11(2,3)10(17-7-14)9-5-8(13(15)16)6-12(9)4/h5-7,10H,1-4H3. The van der Waals surface area contributed by atoms with Gasteiger partial charge in [-0.05, 0) is 0 Å². The van der Waals surface area contributed by atoms with Crippen molar-refractivity contribution < 1.29 is 14.5 Å². The Morgan fingerprint density at radius 1 is 1.53 bits per heavy atom. The molecule has 0 aliphatic heterocycles. The van der Waals surface area contributed by atoms with Gasteiger partial charge in [-0.25, -0.2) is 0 Å². The van der Waals surface area contributed by atoms with Gasteiger partial charge in [-0.2, -0.15) is 0 Å². The Morgan fingerprint density at radius 3 is 2.47 bits per heavy atom. The molecule has 0 bridgehead atoms. The molecular formula is C11H16N2O4. The molecule has 94 valence electrons. The number of ether oxygens (including phenoxy) is 1. The second kappa shape index (κ2) is 4.57. The zero-order valence-electron chi connectivity index (χ0n) is 10.3. The van der Waals surface area contributed by atoms with Gasteiger partial charge in [0.15, 0.2) is 0 Å². The number of carbonyl (C=O) groups excluding carboxylic acids is 1. The molecule has 1 heterocycles. The minimum absolute atomic E-state index is 0.00810. The minimum Gasteiger partial charge on any atom is -0.458 e. The van der Waals surface area contributed by atoms with Crippen molar-refractivity contribution in [2.75, 3.05) is 0 Å². The molecule has 17 heavy (non-hydrogen) atoms. The van der Waals surface area contributed by atoms with Crippen LogP contribution in [0.15, 0.2) is 12.3 Å². The molecule has 1 rings (SSSR count). The van der Waals surface area contributed by atoms with Crippen molar-refractivity contribution in [2.45, 2.75) is 26.9 Å². The third kappa shape index (κ3) is 2.83. The first kappa shape index (κ1) is 13.2. The molecule has 0 amide bonds. The highest BCUT2D eigenvalue weighted by Crippen LogP contribution is 2.37. The van der Waals surface area contributed by atoms with Crippen molar-refractivity contribution in [3.8, 4) is 0 Å². The molecule has 6 nitrogen and oxygen atoms in total. The van der Waals surface area contributed by atoms with E-state index in [-0.39, 0.29) is 11.1 Å². The fraction of sp³-hybridized carbons (Fsp3) is 0.545. The van der Waals surface area contributed by atoms with Gasteiger partial charge in [0.2, 0.25) is 0 Å². The zero-order chi connectivity index (χ0) is 13.2. The Hall–Kier alpha value is -1.85. The molecular weight excluding hydrogens is 224 g/mol. The maximum atomic E-state index is 10.7. The van der Waals surface area contributed by atoms with Crippen LogP contribution in [0.1, 0.15) is 32.6 Å². The third-order valence-electron chi connectivity index (χ3n) is 2.49. The average molecular weight is 240 g/mol. The second-order valence-electron chi connectivity index (χ2n) is 4.97. The summed E-state index contributed by atoms with van der Waals surface area (Å²) in [6, 6.07) is 1.43. The minimum atomic E-state index is -0.515. The summed E-state index contributed by atoms with van der Waals surface area (Å²) >= 11 is 0. The van der Waals surface area contributed by atoms with Crippen LogP contribution in [0.4, 0.5) is 5.69 Å². The summed E-state index contributed by atoms with van der Waals surface area (Å²) in [6.45, 7) is 6.08. The van der Waals surface area contributed by atoms with E-state index in [2.05, 4.69) is 0 Å². The molecule has 0 N–H and O–H groups in total. The van der Waals surface area contributed by atoms with E-state index in [0.717, 1.165) is 0 Å². The lowest BCUT2D eigenvalue weighted by Gasteiger charge is -2.28. The van der Waals surface area contributed by atoms with E-state index in [9.17, 15) is 14.9 Å². The van der Waals surface area contributed by atoms with Gasteiger partial charge in [0.1, 0.15) is 6.10 Å². The highest BCUT2D eigenvalue weighted by atomic mass is 16.6. The van der Waals surface area contributed by atoms with Crippen molar-refractivity contribution in [3.63, 3.8) is 0 Å². The lowest BCUT2D eigenvalue weighted by atomic mass is 9.87. The molecule has 0 aromatic carbocycles. The SMILES string of the molecule is Cn1cc([N+](=O)[O-])cc1C(OC=O)C(C)(C)C. The number of aryl methyl sites for hydroxylation is 1. The summed E-state index contributed by atoms with van der Waals surface area (Å²) in [7, 11) is 1.69. The van der Waals surface area contributed by atoms with Gasteiger partial charge in [-0.1, -0.05) is 20.8 Å². The highest BCUT2D eigenvalue weighted by molar-refractivity contribution is 5.40. The van der Waals surface area contributed by atoms with E-state index in [1.54, 1.807) is 11.6 Å². The monoisotopic (exact) mass is 240 g/mol. The fourth-order valence-electron chi connectivity index (χ4n) is 1.70. The van der Waals surface area contributed by atoms with Gasteiger partial charge in [-0.15, -0.1) is 0 Å². The second-order valence-corrected chi connectivity index (χ2v) is 4.97. The van der Waals surface area contributed by atoms with Crippen molar-refractivity contribution in [3.05, 3.63) is 28.1 Å². The first-order valence-electron chi connectivity index (χ1n) is 5.17. The van der Waals surface area contributed by atoms with Crippen LogP contribution in [0.25, 0.3) is 0 Å². The Labute approximate surface area is 99.3 Å². The highest BCUT2D eigenvalue weighted by Gasteiger charge is 2.31. The Kier molecular flexibility index (Phi) is 3.55. The number of rotatable bonds is 4. The van der Waals surface area contributed by atoms with Crippen molar-refractivity contribution in [1.82, 2.24) is 4.57 Å². The first-order chi connectivity index (χ1) is 7.77. The van der Waals surface area contributed by atoms with Crippen molar-refractivity contribution in [2.24, 2.45) is 12.5 Å². The van der Waals surface area contributed by atoms with E-state index in [0.29, 0.717) is 12.2 Å². The quantitative estimate of drug-likeness (QED) is 0.459. The van der Waals surface area contributed by atoms with E-state index < -0.39 is 11.0 Å². The number of hydrogen-bond acceptors (Lipinski definition) is 4. The van der Waals surface area contributed by atoms with Crippen LogP contribution < -0.4 is 0 Å². The molecule has 1 unspecified atom stereocenters. The molecule has 0 saturated carbocycles. The molecule has 0 aliphatic carbocycles. The Balaban J connectivity index is 3.19. The molecule has 6 heteroatoms. The largest absolute Gasteiger partial charge is 0.458 e. The number of hydrogen-bond donors (Lipinski definition) is 0. The molecule has 0 spiro atoms. The number of aromatic nitrogens is 1. The van der Waals surface area contributed by atoms with Crippen LogP contribution in [-0.2, 0) is 16.6 Å². The third-order valence-corrected chi connectivity index (χ3v) is 2.49. The van der Waals surface area contributed by atoms with Gasteiger partial charge >= 0.3 is 0 Å². The van der Waals surface area contributed by atoms with Gasteiger partial charge in [-0.3, -0.25) is 14.9 Å². The Bertz CT molecular complexity index is 431. The van der Waals surface area contributed by atoms with Crippen LogP contribution in [0.5, 0.6) is 0 Å². The number of nitrogens with zero attached hydrogens (tertiary/aromatic N) is 2. The fourth-order valence-corrected chi connectivity index (χ4v) is 1.70. The summed E-state index contributed by atoms with van der Waals surface area (Å²) in [5, 5.41) is 10.7. The molecule has 1 aromatic heterocycles. The van der Waals surface area contributed by atoms with Crippen LogP contribution in [0.3, 0.4) is 0 Å². The molecule has 0 radical (unpaired) electrons. The summed E-state index contributed by atoms with van der Waals surface area (Å²) in [5.74, 6) is 0. The maximum Gasteiger partial charge on any atom is 0.293 e. The van der Waals surface area contributed by atoms with Crippen LogP contribution in [-0.4, -0.2) is 16.0 Å². The summed E-state index contributed by atoms with van der Waals surface area (Å²) in [5.41, 5.74) is 0.267. The smallest absolute Gasteiger partial charge is 0.293 e. The molecule has 1 atom stereocenters. The van der Waals surface area contributed by atoms with Crippen LogP contribution >= 0.6 is 0 Å². The lowest BCUT2D eigenvalue weighted by molar-refractivity contribution is -0.384. The van der Waals surface area contributed by atoms with Gasteiger partial charge in [0.25, 0.3) is 12.2 Å². The topological polar surface area (TPSA) is 74.4 Å². The molecule has 0 saturated heterocycles. The molecule has 1 aromatic rings. The molecule has 0 aliphatic rings. The first-order valence-corrected chi connectivity index (χ1v) is 5.17. The maximum absolute atomic E-state index is 10.7.